The Morgan fingerprint density at radius 1 is 0.375 bits per heavy atom. The number of pyridine rings is 4. The van der Waals surface area contributed by atoms with E-state index in [1.807, 2.05) is 116 Å². The summed E-state index contributed by atoms with van der Waals surface area (Å²) in [5.41, 5.74) is 10.7. The number of aliphatic hydroxyl groups excluding tert-OH is 3. The van der Waals surface area contributed by atoms with Crippen LogP contribution in [0.5, 0.6) is 0 Å². The van der Waals surface area contributed by atoms with Gasteiger partial charge in [-0.2, -0.15) is 11.3 Å². The van der Waals surface area contributed by atoms with E-state index in [1.54, 1.807) is 35.1 Å². The molecule has 0 saturated carbocycles. The van der Waals surface area contributed by atoms with E-state index in [1.165, 1.54) is 112 Å². The molecule has 0 aliphatic rings. The van der Waals surface area contributed by atoms with Crippen molar-refractivity contribution in [1.29, 1.82) is 0 Å². The van der Waals surface area contributed by atoms with E-state index in [9.17, 15) is 14.4 Å². The second-order valence-corrected chi connectivity index (χ2v) is 27.4. The summed E-state index contributed by atoms with van der Waals surface area (Å²) in [5.74, 6) is -0.187. The summed E-state index contributed by atoms with van der Waals surface area (Å²) in [4.78, 5) is 53.4. The van der Waals surface area contributed by atoms with E-state index in [4.69, 9.17) is 20.3 Å². The molecule has 18 heteroatoms. The number of aliphatic hydroxyl groups is 3. The molecule has 11 nitrogen and oxygen atoms in total. The van der Waals surface area contributed by atoms with Crippen molar-refractivity contribution >= 4 is 103 Å². The van der Waals surface area contributed by atoms with Gasteiger partial charge in [0, 0.05) is 170 Å². The van der Waals surface area contributed by atoms with Crippen LogP contribution in [-0.2, 0) is 120 Å². The predicted octanol–water partition coefficient (Wildman–Crippen LogP) is 24.2. The molecule has 16 rings (SSSR count). The van der Waals surface area contributed by atoms with E-state index in [0.29, 0.717) is 0 Å². The smallest absolute Gasteiger partial charge is 0.155 e. The quantitative estimate of drug-likeness (QED) is 0.0750. The fourth-order valence-electron chi connectivity index (χ4n) is 10.7. The SMILES string of the molecule is CC(=O)C=C(C)O.CC(=O)C=C(C)O.CC(=O)C=C(C)O.CC(C)(C)c1c[c-]c(-c2nccc3ccccc23)cc1.[Ir].[Ir].[Ir].[Ir].[Ir].[c-]1c(-c2ccccn2)ccc2ccccc12.[c-]1c(-c2ccccn2)ccc2ccccc12.[c-]1c(-c2ccccn2)sc2ccccc12.[c-]1ccc2ccccc2c1-c1nc2ccccc2s1. The average molecular weight is 2400 g/mol. The van der Waals surface area contributed by atoms with Crippen LogP contribution in [0.15, 0.2) is 321 Å². The minimum absolute atomic E-state index is 0. The molecular formula is C94H80Ir5N5O6S2-5. The van der Waals surface area contributed by atoms with Gasteiger partial charge >= 0.3 is 0 Å². The van der Waals surface area contributed by atoms with Crippen molar-refractivity contribution in [2.45, 2.75) is 67.7 Å². The number of rotatable bonds is 8. The van der Waals surface area contributed by atoms with Crippen LogP contribution in [0.2, 0.25) is 0 Å². The normalized spacial score (nSPS) is 10.6. The maximum atomic E-state index is 10.0. The fraction of sp³-hybridized carbons (Fsp3) is 0.106. The molecule has 579 valence electrons. The van der Waals surface area contributed by atoms with Gasteiger partial charge in [0.25, 0.3) is 0 Å². The number of hydrogen-bond acceptors (Lipinski definition) is 13. The molecule has 5 radical (unpaired) electrons. The zero-order valence-corrected chi connectivity index (χ0v) is 76.3. The number of aromatic nitrogens is 5. The van der Waals surface area contributed by atoms with Crippen molar-refractivity contribution in [3.8, 4) is 54.9 Å². The van der Waals surface area contributed by atoms with Gasteiger partial charge in [0.1, 0.15) is 0 Å². The van der Waals surface area contributed by atoms with Gasteiger partial charge in [-0.15, -0.1) is 147 Å². The average Bonchev–Trinajstić information content (AvgIpc) is 1.61. The first-order valence-corrected chi connectivity index (χ1v) is 36.0. The number of benzene rings is 10. The van der Waals surface area contributed by atoms with Crippen LogP contribution in [-0.4, -0.2) is 57.6 Å². The van der Waals surface area contributed by atoms with Crippen molar-refractivity contribution in [1.82, 2.24) is 24.9 Å². The molecule has 6 aromatic heterocycles. The number of fused-ring (bicyclic) bond motifs is 6. The molecule has 0 atom stereocenters. The summed E-state index contributed by atoms with van der Waals surface area (Å²) in [6.45, 7) is 15.2. The van der Waals surface area contributed by atoms with Gasteiger partial charge < -0.3 is 25.3 Å². The Labute approximate surface area is 731 Å². The van der Waals surface area contributed by atoms with E-state index in [-0.39, 0.29) is 141 Å². The number of thiophene rings is 1. The molecule has 0 bridgehead atoms. The van der Waals surface area contributed by atoms with Crippen LogP contribution in [0.3, 0.4) is 0 Å². The van der Waals surface area contributed by atoms with Crippen LogP contribution in [0.25, 0.3) is 118 Å². The minimum Gasteiger partial charge on any atom is -0.512 e. The van der Waals surface area contributed by atoms with Crippen LogP contribution >= 0.6 is 22.7 Å². The second-order valence-electron chi connectivity index (χ2n) is 25.4. The van der Waals surface area contributed by atoms with Gasteiger partial charge in [0.2, 0.25) is 0 Å². The first-order valence-electron chi connectivity index (χ1n) is 34.4. The molecule has 0 fully saturated rings. The molecule has 0 saturated heterocycles. The van der Waals surface area contributed by atoms with Crippen LogP contribution < -0.4 is 0 Å². The molecule has 3 N–H and O–H groups in total. The molecule has 0 aliphatic carbocycles. The summed E-state index contributed by atoms with van der Waals surface area (Å²) >= 11 is 3.46. The Morgan fingerprint density at radius 2 is 0.804 bits per heavy atom. The Morgan fingerprint density at radius 3 is 1.25 bits per heavy atom. The largest absolute Gasteiger partial charge is 0.512 e. The summed E-state index contributed by atoms with van der Waals surface area (Å²) in [7, 11) is 0. The topological polar surface area (TPSA) is 176 Å². The third-order valence-corrected chi connectivity index (χ3v) is 17.7. The Kier molecular flexibility index (Phi) is 41.1. The summed E-state index contributed by atoms with van der Waals surface area (Å²) in [5, 5.41) is 36.8. The van der Waals surface area contributed by atoms with Crippen molar-refractivity contribution in [2.24, 2.45) is 0 Å². The zero-order chi connectivity index (χ0) is 76.1. The second kappa shape index (κ2) is 48.5. The Balaban J connectivity index is 0.000000275. The Bertz CT molecular complexity index is 5450. The molecule has 0 unspecified atom stereocenters. The van der Waals surface area contributed by atoms with Crippen LogP contribution in [0.1, 0.15) is 67.9 Å². The third-order valence-electron chi connectivity index (χ3n) is 15.5. The Hall–Kier alpha value is -9.43. The van der Waals surface area contributed by atoms with Gasteiger partial charge in [0.05, 0.1) is 22.8 Å². The van der Waals surface area contributed by atoms with Gasteiger partial charge in [-0.1, -0.05) is 194 Å². The van der Waals surface area contributed by atoms with E-state index >= 15 is 0 Å². The number of allylic oxidation sites excluding steroid dienone is 6. The predicted molar refractivity (Wildman–Crippen MR) is 443 cm³/mol. The number of para-hydroxylation sites is 1. The standard InChI is InChI=1S/C19H18N.C17H10NS.2C15H10N.C13H8NS.3C5H8O2.5Ir/c1-19(2,3)16-10-8-15(9-11-16)18-17-7-5-4-6-14(17)12-13-20-18;1-2-8-13-12(6-1)7-5-9-14(13)17-18-15-10-3-4-11-16(15)19-17;2*1-2-6-13-11-14(9-8-12(13)5-1)15-7-3-4-10-16-15;1-2-7-12-10(5-1)9-13(15-12)11-6-3-4-8-14-11;3*1-4(6)3-5(2)7;;;;;/h4-8,10-13H,1-3H3;1-8,10-11H;2*1-10H;1-8H;3*3,6H,1-2H3;;;;;/q5*-1;;;;;;;;. The fourth-order valence-corrected chi connectivity index (χ4v) is 12.6. The number of carbonyl (C=O) groups is 3. The van der Waals surface area contributed by atoms with Gasteiger partial charge in [-0.05, 0) is 109 Å². The third kappa shape index (κ3) is 29.9. The van der Waals surface area contributed by atoms with Gasteiger partial charge in [0.15, 0.2) is 17.3 Å². The molecule has 10 aromatic carbocycles. The van der Waals surface area contributed by atoms with E-state index in [2.05, 4.69) is 229 Å². The zero-order valence-electron chi connectivity index (χ0n) is 62.7. The summed E-state index contributed by atoms with van der Waals surface area (Å²) in [6.07, 6.45) is 10.8. The molecule has 0 spiro atoms. The van der Waals surface area contributed by atoms with Crippen molar-refractivity contribution in [2.75, 3.05) is 0 Å². The number of hydrogen-bond donors (Lipinski definition) is 3. The van der Waals surface area contributed by atoms with E-state index in [0.717, 1.165) is 71.2 Å². The molecule has 0 amide bonds. The maximum absolute atomic E-state index is 10.0. The molecule has 112 heavy (non-hydrogen) atoms. The van der Waals surface area contributed by atoms with Crippen molar-refractivity contribution in [3.05, 3.63) is 357 Å². The minimum atomic E-state index is -0.125. The van der Waals surface area contributed by atoms with Gasteiger partial charge in [-0.25, -0.2) is 11.3 Å². The van der Waals surface area contributed by atoms with Crippen molar-refractivity contribution < 1.29 is 130 Å². The molecular weight excluding hydrogens is 2320 g/mol. The van der Waals surface area contributed by atoms with E-state index < -0.39 is 0 Å². The van der Waals surface area contributed by atoms with Crippen LogP contribution in [0, 0.1) is 30.3 Å². The number of nitrogens with zero attached hydrogens (tertiary/aromatic N) is 5. The molecule has 6 heterocycles. The number of ketones is 3. The van der Waals surface area contributed by atoms with Crippen LogP contribution in [0.4, 0.5) is 0 Å². The number of thiazole rings is 1. The first kappa shape index (κ1) is 94.9. The van der Waals surface area contributed by atoms with Crippen molar-refractivity contribution in [3.63, 3.8) is 0 Å². The monoisotopic (exact) mass is 2400 g/mol. The van der Waals surface area contributed by atoms with Gasteiger partial charge in [-0.3, -0.25) is 29.3 Å². The molecule has 16 aromatic rings. The first-order chi connectivity index (χ1) is 51.6. The number of carbonyl (C=O) groups excluding carboxylic acids is 3. The maximum Gasteiger partial charge on any atom is 0.155 e. The molecule has 0 aliphatic heterocycles. The summed E-state index contributed by atoms with van der Waals surface area (Å²) in [6, 6.07) is 105. The summed E-state index contributed by atoms with van der Waals surface area (Å²) < 4.78 is 2.48.